The van der Waals surface area contributed by atoms with E-state index in [1.807, 2.05) is 0 Å². The van der Waals surface area contributed by atoms with Gasteiger partial charge in [-0.25, -0.2) is 0 Å². The zero-order chi connectivity index (χ0) is 16.9. The number of hydrogen-bond donors (Lipinski definition) is 0. The lowest BCUT2D eigenvalue weighted by molar-refractivity contribution is -0.209. The Morgan fingerprint density at radius 3 is 2.05 bits per heavy atom. The largest absolute Gasteiger partial charge is 0.463 e. The molecule has 1 saturated heterocycles. The van der Waals surface area contributed by atoms with Gasteiger partial charge in [0.15, 0.2) is 23.8 Å². The molecule has 9 nitrogen and oxygen atoms in total. The Kier molecular flexibility index (Phi) is 6.69. The van der Waals surface area contributed by atoms with Crippen molar-refractivity contribution in [2.24, 2.45) is 5.18 Å². The molecular weight excluding hydrogens is 322 g/mol. The molecule has 0 spiro atoms. The van der Waals surface area contributed by atoms with Crippen molar-refractivity contribution in [3.63, 3.8) is 0 Å². The fraction of sp³-hybridized carbons (Fsp3) is 0.750. The first-order chi connectivity index (χ1) is 10.3. The van der Waals surface area contributed by atoms with Crippen LogP contribution in [-0.2, 0) is 33.3 Å². The molecule has 0 saturated carbocycles. The van der Waals surface area contributed by atoms with E-state index in [9.17, 15) is 19.3 Å². The van der Waals surface area contributed by atoms with Crippen LogP contribution < -0.4 is 0 Å². The number of alkyl halides is 1. The van der Waals surface area contributed by atoms with E-state index in [2.05, 4.69) is 5.18 Å². The molecule has 22 heavy (non-hydrogen) atoms. The molecule has 1 aliphatic rings. The number of rotatable bonds is 5. The Hall–Kier alpha value is -1.74. The average Bonchev–Trinajstić information content (AvgIpc) is 2.39. The number of halogens is 1. The summed E-state index contributed by atoms with van der Waals surface area (Å²) in [7, 11) is 0. The lowest BCUT2D eigenvalue weighted by Crippen LogP contribution is -2.59. The zero-order valence-corrected chi connectivity index (χ0v) is 12.9. The van der Waals surface area contributed by atoms with Crippen molar-refractivity contribution in [1.82, 2.24) is 0 Å². The minimum atomic E-state index is -1.27. The first kappa shape index (κ1) is 18.3. The molecule has 10 heteroatoms. The highest BCUT2D eigenvalue weighted by Crippen LogP contribution is 2.30. The molecule has 0 amide bonds. The van der Waals surface area contributed by atoms with E-state index in [0.29, 0.717) is 0 Å². The molecule has 1 heterocycles. The molecule has 0 aliphatic carbocycles. The van der Waals surface area contributed by atoms with Crippen LogP contribution in [0.5, 0.6) is 0 Å². The topological polar surface area (TPSA) is 118 Å². The van der Waals surface area contributed by atoms with Gasteiger partial charge in [0.05, 0.1) is 0 Å². The predicted octanol–water partition coefficient (Wildman–Crippen LogP) is 0.512. The zero-order valence-electron chi connectivity index (χ0n) is 12.2. The molecular formula is C12H16ClNO8. The van der Waals surface area contributed by atoms with Crippen molar-refractivity contribution in [2.45, 2.75) is 50.7 Å². The van der Waals surface area contributed by atoms with E-state index in [4.69, 9.17) is 30.5 Å². The molecule has 0 aromatic carbocycles. The van der Waals surface area contributed by atoms with Crippen molar-refractivity contribution in [1.29, 1.82) is 0 Å². The van der Waals surface area contributed by atoms with Crippen molar-refractivity contribution >= 4 is 29.5 Å². The van der Waals surface area contributed by atoms with E-state index in [1.165, 1.54) is 6.92 Å². The van der Waals surface area contributed by atoms with Gasteiger partial charge in [0.1, 0.15) is 12.7 Å². The molecule has 1 unspecified atom stereocenters. The van der Waals surface area contributed by atoms with Gasteiger partial charge in [-0.05, 0) is 0 Å². The number of nitroso groups, excluding NO2 is 1. The Bertz CT molecular complexity index is 456. The highest BCUT2D eigenvalue weighted by Gasteiger charge is 2.50. The van der Waals surface area contributed by atoms with Crippen LogP contribution in [0.15, 0.2) is 5.18 Å². The molecule has 0 aromatic heterocycles. The summed E-state index contributed by atoms with van der Waals surface area (Å²) in [6.07, 6.45) is -3.42. The third-order valence-electron chi connectivity index (χ3n) is 2.78. The normalized spacial score (nSPS) is 31.0. The van der Waals surface area contributed by atoms with Crippen LogP contribution in [0, 0.1) is 4.91 Å². The second-order valence-electron chi connectivity index (χ2n) is 4.57. The number of esters is 3. The fourth-order valence-electron chi connectivity index (χ4n) is 1.98. The van der Waals surface area contributed by atoms with Crippen LogP contribution in [0.3, 0.4) is 0 Å². The number of carbonyl (C=O) groups is 3. The van der Waals surface area contributed by atoms with Gasteiger partial charge in [0.2, 0.25) is 0 Å². The first-order valence-corrected chi connectivity index (χ1v) is 6.79. The van der Waals surface area contributed by atoms with Crippen LogP contribution in [0.1, 0.15) is 20.8 Å². The summed E-state index contributed by atoms with van der Waals surface area (Å²) < 4.78 is 20.1. The number of nitrogens with zero attached hydrogens (tertiary/aromatic N) is 1. The molecule has 1 aliphatic heterocycles. The molecule has 0 radical (unpaired) electrons. The van der Waals surface area contributed by atoms with Gasteiger partial charge in [-0.2, -0.15) is 4.91 Å². The van der Waals surface area contributed by atoms with Crippen molar-refractivity contribution in [3.05, 3.63) is 4.91 Å². The van der Waals surface area contributed by atoms with E-state index in [-0.39, 0.29) is 6.61 Å². The standard InChI is InChI=1S/C12H16ClNO8/c1-5(15)19-4-8-10(20-6(2)16)11(21-7(3)17)9(14-18)12(13)22-8/h8-12H,4H2,1-3H3/t8-,9-,10-,11-,12?/m1/s1. The summed E-state index contributed by atoms with van der Waals surface area (Å²) in [4.78, 5) is 44.3. The Morgan fingerprint density at radius 2 is 1.59 bits per heavy atom. The van der Waals surface area contributed by atoms with Gasteiger partial charge < -0.3 is 18.9 Å². The van der Waals surface area contributed by atoms with E-state index in [1.54, 1.807) is 0 Å². The van der Waals surface area contributed by atoms with Crippen molar-refractivity contribution in [2.75, 3.05) is 6.61 Å². The van der Waals surface area contributed by atoms with Crippen LogP contribution >= 0.6 is 11.6 Å². The van der Waals surface area contributed by atoms with Crippen molar-refractivity contribution in [3.8, 4) is 0 Å². The SMILES string of the molecule is CC(=O)OC[C@H]1OC(Cl)[C@H](N=O)[C@@H](OC(C)=O)[C@@H]1OC(C)=O. The summed E-state index contributed by atoms with van der Waals surface area (Å²) >= 11 is 5.88. The van der Waals surface area contributed by atoms with E-state index >= 15 is 0 Å². The van der Waals surface area contributed by atoms with Gasteiger partial charge in [-0.15, -0.1) is 0 Å². The molecule has 0 N–H and O–H groups in total. The summed E-state index contributed by atoms with van der Waals surface area (Å²) in [5.41, 5.74) is -1.23. The van der Waals surface area contributed by atoms with Crippen molar-refractivity contribution < 1.29 is 33.3 Å². The van der Waals surface area contributed by atoms with Gasteiger partial charge in [-0.3, -0.25) is 14.4 Å². The summed E-state index contributed by atoms with van der Waals surface area (Å²) in [5, 5.41) is 2.77. The molecule has 0 aromatic rings. The third-order valence-corrected chi connectivity index (χ3v) is 3.14. The summed E-state index contributed by atoms with van der Waals surface area (Å²) in [6, 6.07) is -1.27. The Balaban J connectivity index is 3.04. The average molecular weight is 338 g/mol. The highest BCUT2D eigenvalue weighted by atomic mass is 35.5. The molecule has 1 rings (SSSR count). The van der Waals surface area contributed by atoms with Crippen LogP contribution in [0.2, 0.25) is 0 Å². The lowest BCUT2D eigenvalue weighted by atomic mass is 9.98. The highest BCUT2D eigenvalue weighted by molar-refractivity contribution is 6.20. The van der Waals surface area contributed by atoms with Gasteiger partial charge in [0, 0.05) is 20.8 Å². The van der Waals surface area contributed by atoms with Gasteiger partial charge in [-0.1, -0.05) is 16.8 Å². The van der Waals surface area contributed by atoms with E-state index < -0.39 is 47.8 Å². The molecule has 1 fully saturated rings. The maximum atomic E-state index is 11.2. The fourth-order valence-corrected chi connectivity index (χ4v) is 2.31. The Labute approximate surface area is 131 Å². The predicted molar refractivity (Wildman–Crippen MR) is 71.8 cm³/mol. The number of carbonyl (C=O) groups excluding carboxylic acids is 3. The number of hydrogen-bond acceptors (Lipinski definition) is 9. The van der Waals surface area contributed by atoms with Crippen LogP contribution in [-0.4, -0.2) is 54.4 Å². The first-order valence-electron chi connectivity index (χ1n) is 6.36. The lowest BCUT2D eigenvalue weighted by Gasteiger charge is -2.40. The minimum absolute atomic E-state index is 0.292. The van der Waals surface area contributed by atoms with Crippen LogP contribution in [0.4, 0.5) is 0 Å². The second kappa shape index (κ2) is 8.04. The van der Waals surface area contributed by atoms with Gasteiger partial charge in [0.25, 0.3) is 0 Å². The molecule has 5 atom stereocenters. The maximum absolute atomic E-state index is 11.2. The Morgan fingerprint density at radius 1 is 1.05 bits per heavy atom. The molecule has 0 bridgehead atoms. The smallest absolute Gasteiger partial charge is 0.303 e. The van der Waals surface area contributed by atoms with Crippen LogP contribution in [0.25, 0.3) is 0 Å². The minimum Gasteiger partial charge on any atom is -0.463 e. The quantitative estimate of drug-likeness (QED) is 0.308. The number of ether oxygens (including phenoxy) is 4. The summed E-state index contributed by atoms with van der Waals surface area (Å²) in [5.74, 6) is -2.00. The summed E-state index contributed by atoms with van der Waals surface area (Å²) in [6.45, 7) is 3.14. The monoisotopic (exact) mass is 337 g/mol. The molecule has 124 valence electrons. The third kappa shape index (κ3) is 4.92. The second-order valence-corrected chi connectivity index (χ2v) is 5.00. The van der Waals surface area contributed by atoms with Gasteiger partial charge >= 0.3 is 17.9 Å². The van der Waals surface area contributed by atoms with E-state index in [0.717, 1.165) is 13.8 Å². The maximum Gasteiger partial charge on any atom is 0.303 e.